The van der Waals surface area contributed by atoms with Crippen molar-refractivity contribution in [2.75, 3.05) is 0 Å². The fourth-order valence-electron chi connectivity index (χ4n) is 1.25. The number of nitrogens with zero attached hydrogens (tertiary/aromatic N) is 3. The molecule has 0 spiro atoms. The highest BCUT2D eigenvalue weighted by Gasteiger charge is 2.03. The molecule has 0 N–H and O–H groups in total. The highest BCUT2D eigenvalue weighted by molar-refractivity contribution is 5.28. The summed E-state index contributed by atoms with van der Waals surface area (Å²) in [6, 6.07) is 12.9. The lowest BCUT2D eigenvalue weighted by molar-refractivity contribution is 0.460. The fraction of sp³-hybridized carbons (Fsp3) is 0.0833. The van der Waals surface area contributed by atoms with Crippen LogP contribution in [0.2, 0.25) is 0 Å². The van der Waals surface area contributed by atoms with Crippen molar-refractivity contribution in [1.82, 2.24) is 9.97 Å². The van der Waals surface area contributed by atoms with Gasteiger partial charge in [0.05, 0.1) is 0 Å². The molecule has 0 saturated heterocycles. The van der Waals surface area contributed by atoms with Gasteiger partial charge in [-0.1, -0.05) is 18.2 Å². The monoisotopic (exact) mass is 211 g/mol. The Morgan fingerprint density at radius 2 is 1.94 bits per heavy atom. The van der Waals surface area contributed by atoms with E-state index >= 15 is 0 Å². The second kappa shape index (κ2) is 4.41. The Labute approximate surface area is 93.2 Å². The third kappa shape index (κ3) is 2.34. The van der Waals surface area contributed by atoms with Gasteiger partial charge >= 0.3 is 0 Å². The second-order valence-electron chi connectivity index (χ2n) is 3.20. The van der Waals surface area contributed by atoms with Crippen LogP contribution in [0.5, 0.6) is 11.6 Å². The van der Waals surface area contributed by atoms with E-state index in [0.29, 0.717) is 17.3 Å². The number of hydrogen-bond acceptors (Lipinski definition) is 4. The van der Waals surface area contributed by atoms with E-state index in [9.17, 15) is 0 Å². The molecule has 2 rings (SSSR count). The molecule has 4 heteroatoms. The minimum absolute atomic E-state index is 0.117. The number of nitriles is 1. The predicted molar refractivity (Wildman–Crippen MR) is 58.0 cm³/mol. The summed E-state index contributed by atoms with van der Waals surface area (Å²) in [5.74, 6) is 1.19. The van der Waals surface area contributed by atoms with E-state index in [-0.39, 0.29) is 5.82 Å². The highest BCUT2D eigenvalue weighted by atomic mass is 16.5. The molecular weight excluding hydrogens is 202 g/mol. The SMILES string of the molecule is Cc1cc(Oc2ccccc2)nc(C#N)n1. The number of aryl methyl sites for hydroxylation is 1. The summed E-state index contributed by atoms with van der Waals surface area (Å²) >= 11 is 0. The first-order valence-electron chi connectivity index (χ1n) is 4.76. The maximum Gasteiger partial charge on any atom is 0.235 e. The number of rotatable bonds is 2. The molecule has 16 heavy (non-hydrogen) atoms. The Bertz CT molecular complexity index is 532. The van der Waals surface area contributed by atoms with Crippen LogP contribution >= 0.6 is 0 Å². The van der Waals surface area contributed by atoms with E-state index in [2.05, 4.69) is 9.97 Å². The topological polar surface area (TPSA) is 58.8 Å². The first-order valence-corrected chi connectivity index (χ1v) is 4.76. The smallest absolute Gasteiger partial charge is 0.235 e. The summed E-state index contributed by atoms with van der Waals surface area (Å²) in [5.41, 5.74) is 0.706. The summed E-state index contributed by atoms with van der Waals surface area (Å²) in [6.45, 7) is 1.79. The van der Waals surface area contributed by atoms with Crippen molar-refractivity contribution in [2.24, 2.45) is 0 Å². The summed E-state index contributed by atoms with van der Waals surface area (Å²) in [4.78, 5) is 7.89. The second-order valence-corrected chi connectivity index (χ2v) is 3.20. The van der Waals surface area contributed by atoms with Gasteiger partial charge < -0.3 is 4.74 Å². The molecule has 1 aromatic heterocycles. The summed E-state index contributed by atoms with van der Waals surface area (Å²) in [6.07, 6.45) is 0. The molecule has 0 aliphatic carbocycles. The molecule has 0 aliphatic rings. The van der Waals surface area contributed by atoms with Gasteiger partial charge in [-0.25, -0.2) is 4.98 Å². The molecule has 4 nitrogen and oxygen atoms in total. The molecule has 1 heterocycles. The molecule has 0 amide bonds. The third-order valence-electron chi connectivity index (χ3n) is 1.90. The average molecular weight is 211 g/mol. The van der Waals surface area contributed by atoms with E-state index in [1.54, 1.807) is 13.0 Å². The van der Waals surface area contributed by atoms with E-state index in [1.807, 2.05) is 36.4 Å². The van der Waals surface area contributed by atoms with Crippen molar-refractivity contribution in [3.05, 3.63) is 47.9 Å². The van der Waals surface area contributed by atoms with Gasteiger partial charge in [0.2, 0.25) is 11.7 Å². The zero-order valence-electron chi connectivity index (χ0n) is 8.71. The van der Waals surface area contributed by atoms with E-state index in [0.717, 1.165) is 0 Å². The van der Waals surface area contributed by atoms with Gasteiger partial charge in [-0.05, 0) is 19.1 Å². The van der Waals surface area contributed by atoms with Gasteiger partial charge in [0.1, 0.15) is 11.8 Å². The summed E-state index contributed by atoms with van der Waals surface area (Å²) in [7, 11) is 0. The maximum absolute atomic E-state index is 8.72. The van der Waals surface area contributed by atoms with Crippen LogP contribution < -0.4 is 4.74 Å². The van der Waals surface area contributed by atoms with Gasteiger partial charge in [-0.2, -0.15) is 10.2 Å². The maximum atomic E-state index is 8.72. The van der Waals surface area contributed by atoms with Crippen LogP contribution in [0.15, 0.2) is 36.4 Å². The summed E-state index contributed by atoms with van der Waals surface area (Å²) < 4.78 is 5.50. The number of hydrogen-bond donors (Lipinski definition) is 0. The van der Waals surface area contributed by atoms with Crippen molar-refractivity contribution < 1.29 is 4.74 Å². The van der Waals surface area contributed by atoms with Crippen molar-refractivity contribution in [3.63, 3.8) is 0 Å². The van der Waals surface area contributed by atoms with E-state index < -0.39 is 0 Å². The van der Waals surface area contributed by atoms with Crippen LogP contribution in [-0.4, -0.2) is 9.97 Å². The fourth-order valence-corrected chi connectivity index (χ4v) is 1.25. The Hall–Kier alpha value is -2.41. The summed E-state index contributed by atoms with van der Waals surface area (Å²) in [5, 5.41) is 8.72. The van der Waals surface area contributed by atoms with Gasteiger partial charge in [0.25, 0.3) is 0 Å². The molecule has 0 unspecified atom stereocenters. The molecule has 78 valence electrons. The Morgan fingerprint density at radius 3 is 2.62 bits per heavy atom. The number of benzene rings is 1. The molecular formula is C12H9N3O. The lowest BCUT2D eigenvalue weighted by Crippen LogP contribution is -1.95. The van der Waals surface area contributed by atoms with Gasteiger partial charge in [0.15, 0.2) is 0 Å². The van der Waals surface area contributed by atoms with Crippen molar-refractivity contribution >= 4 is 0 Å². The number of para-hydroxylation sites is 1. The molecule has 1 aromatic carbocycles. The molecule has 0 radical (unpaired) electrons. The van der Waals surface area contributed by atoms with Crippen LogP contribution in [0.1, 0.15) is 11.5 Å². The average Bonchev–Trinajstić information content (AvgIpc) is 2.29. The quantitative estimate of drug-likeness (QED) is 0.765. The Kier molecular flexibility index (Phi) is 2.79. The van der Waals surface area contributed by atoms with Crippen LogP contribution in [0, 0.1) is 18.3 Å². The van der Waals surface area contributed by atoms with E-state index in [4.69, 9.17) is 10.00 Å². The highest BCUT2D eigenvalue weighted by Crippen LogP contribution is 2.18. The molecule has 0 saturated carbocycles. The zero-order valence-corrected chi connectivity index (χ0v) is 8.71. The van der Waals surface area contributed by atoms with Crippen LogP contribution in [0.3, 0.4) is 0 Å². The number of ether oxygens (including phenoxy) is 1. The largest absolute Gasteiger partial charge is 0.439 e. The van der Waals surface area contributed by atoms with E-state index in [1.165, 1.54) is 0 Å². The van der Waals surface area contributed by atoms with Gasteiger partial charge in [-0.15, -0.1) is 0 Å². The minimum Gasteiger partial charge on any atom is -0.439 e. The molecule has 0 atom stereocenters. The first-order chi connectivity index (χ1) is 7.78. The molecule has 2 aromatic rings. The van der Waals surface area contributed by atoms with Gasteiger partial charge in [0, 0.05) is 11.8 Å². The normalized spacial score (nSPS) is 9.50. The lowest BCUT2D eigenvalue weighted by atomic mass is 10.3. The Balaban J connectivity index is 2.29. The lowest BCUT2D eigenvalue weighted by Gasteiger charge is -2.04. The minimum atomic E-state index is 0.117. The predicted octanol–water partition coefficient (Wildman–Crippen LogP) is 2.45. The standard InChI is InChI=1S/C12H9N3O/c1-9-7-12(15-11(8-13)14-9)16-10-5-3-2-4-6-10/h2-7H,1H3. The van der Waals surface area contributed by atoms with Crippen molar-refractivity contribution in [1.29, 1.82) is 5.26 Å². The molecule has 0 fully saturated rings. The van der Waals surface area contributed by atoms with Gasteiger partial charge in [-0.3, -0.25) is 0 Å². The number of aromatic nitrogens is 2. The van der Waals surface area contributed by atoms with Crippen LogP contribution in [-0.2, 0) is 0 Å². The zero-order chi connectivity index (χ0) is 11.4. The van der Waals surface area contributed by atoms with Crippen molar-refractivity contribution in [3.8, 4) is 17.7 Å². The molecule has 0 aliphatic heterocycles. The third-order valence-corrected chi connectivity index (χ3v) is 1.90. The molecule has 0 bridgehead atoms. The van der Waals surface area contributed by atoms with Crippen LogP contribution in [0.4, 0.5) is 0 Å². The van der Waals surface area contributed by atoms with Crippen molar-refractivity contribution in [2.45, 2.75) is 6.92 Å². The first kappa shape index (κ1) is 10.1. The van der Waals surface area contributed by atoms with Crippen LogP contribution in [0.25, 0.3) is 0 Å². The Morgan fingerprint density at radius 1 is 1.19 bits per heavy atom.